The molecule has 3 rings (SSSR count). The number of rotatable bonds is 2. The number of nitrogens with zero attached hydrogens (tertiary/aromatic N) is 1. The first-order valence-corrected chi connectivity index (χ1v) is 7.84. The first-order chi connectivity index (χ1) is 9.29. The highest BCUT2D eigenvalue weighted by Gasteiger charge is 2.33. The van der Waals surface area contributed by atoms with Gasteiger partial charge in [-0.25, -0.2) is 0 Å². The zero-order chi connectivity index (χ0) is 13.2. The average molecular weight is 258 g/mol. The number of anilines is 1. The quantitative estimate of drug-likeness (QED) is 0.882. The standard InChI is InChI=1S/C17H26N2/c1-13-8-9-15(12-18)17(11-13)19-10-4-6-14-5-2-3-7-16(14)19/h2-3,5,7,13,15,17H,4,6,8-12,18H2,1H3. The SMILES string of the molecule is CC1CCC(CN)C(N2CCCc3ccccc32)C1. The molecule has 0 spiro atoms. The molecule has 1 heterocycles. The maximum Gasteiger partial charge on any atom is 0.0401 e. The molecule has 2 heteroatoms. The van der Waals surface area contributed by atoms with E-state index in [4.69, 9.17) is 5.73 Å². The number of hydrogen-bond donors (Lipinski definition) is 1. The van der Waals surface area contributed by atoms with Crippen LogP contribution in [0.25, 0.3) is 0 Å². The van der Waals surface area contributed by atoms with Crippen LogP contribution in [0.4, 0.5) is 5.69 Å². The first-order valence-electron chi connectivity index (χ1n) is 7.84. The predicted octanol–water partition coefficient (Wildman–Crippen LogP) is 3.20. The van der Waals surface area contributed by atoms with Crippen molar-refractivity contribution in [2.75, 3.05) is 18.0 Å². The molecule has 1 aliphatic carbocycles. The highest BCUT2D eigenvalue weighted by atomic mass is 15.2. The molecule has 1 aliphatic heterocycles. The first kappa shape index (κ1) is 13.0. The van der Waals surface area contributed by atoms with Crippen molar-refractivity contribution in [1.82, 2.24) is 0 Å². The summed E-state index contributed by atoms with van der Waals surface area (Å²) in [6.07, 6.45) is 6.51. The van der Waals surface area contributed by atoms with Gasteiger partial charge in [0.15, 0.2) is 0 Å². The number of benzene rings is 1. The molecule has 1 aromatic carbocycles. The lowest BCUT2D eigenvalue weighted by molar-refractivity contribution is 0.241. The normalized spacial score (nSPS) is 31.1. The molecule has 0 aromatic heterocycles. The van der Waals surface area contributed by atoms with E-state index in [9.17, 15) is 0 Å². The van der Waals surface area contributed by atoms with Crippen LogP contribution in [0.2, 0.25) is 0 Å². The largest absolute Gasteiger partial charge is 0.368 e. The van der Waals surface area contributed by atoms with E-state index in [2.05, 4.69) is 36.1 Å². The van der Waals surface area contributed by atoms with Crippen LogP contribution in [-0.2, 0) is 6.42 Å². The van der Waals surface area contributed by atoms with Gasteiger partial charge >= 0.3 is 0 Å². The van der Waals surface area contributed by atoms with Gasteiger partial charge in [0, 0.05) is 18.3 Å². The minimum absolute atomic E-state index is 0.662. The molecule has 3 atom stereocenters. The Bertz CT molecular complexity index is 429. The fourth-order valence-electron chi connectivity index (χ4n) is 3.98. The summed E-state index contributed by atoms with van der Waals surface area (Å²) in [5.74, 6) is 1.53. The number of para-hydroxylation sites is 1. The summed E-state index contributed by atoms with van der Waals surface area (Å²) >= 11 is 0. The summed E-state index contributed by atoms with van der Waals surface area (Å²) in [4.78, 5) is 2.67. The lowest BCUT2D eigenvalue weighted by Crippen LogP contribution is -2.48. The Hall–Kier alpha value is -1.02. The minimum atomic E-state index is 0.662. The van der Waals surface area contributed by atoms with Crippen molar-refractivity contribution < 1.29 is 0 Å². The van der Waals surface area contributed by atoms with Crippen LogP contribution >= 0.6 is 0 Å². The lowest BCUT2D eigenvalue weighted by atomic mass is 9.77. The molecule has 1 aromatic rings. The number of nitrogens with two attached hydrogens (primary N) is 1. The van der Waals surface area contributed by atoms with E-state index in [1.807, 2.05) is 0 Å². The fraction of sp³-hybridized carbons (Fsp3) is 0.647. The second-order valence-corrected chi connectivity index (χ2v) is 6.41. The molecule has 2 N–H and O–H groups in total. The van der Waals surface area contributed by atoms with Gasteiger partial charge in [-0.2, -0.15) is 0 Å². The summed E-state index contributed by atoms with van der Waals surface area (Å²) in [5.41, 5.74) is 9.05. The van der Waals surface area contributed by atoms with Gasteiger partial charge in [-0.15, -0.1) is 0 Å². The molecule has 19 heavy (non-hydrogen) atoms. The van der Waals surface area contributed by atoms with Crippen molar-refractivity contribution in [3.63, 3.8) is 0 Å². The maximum absolute atomic E-state index is 6.04. The molecular weight excluding hydrogens is 232 g/mol. The Kier molecular flexibility index (Phi) is 3.79. The monoisotopic (exact) mass is 258 g/mol. The molecule has 0 amide bonds. The van der Waals surface area contributed by atoms with Gasteiger partial charge in [0.25, 0.3) is 0 Å². The Morgan fingerprint density at radius 3 is 2.95 bits per heavy atom. The van der Waals surface area contributed by atoms with Crippen LogP contribution in [0.3, 0.4) is 0 Å². The van der Waals surface area contributed by atoms with Crippen LogP contribution < -0.4 is 10.6 Å². The molecule has 0 bridgehead atoms. The molecule has 3 unspecified atom stereocenters. The van der Waals surface area contributed by atoms with Crippen molar-refractivity contribution in [3.8, 4) is 0 Å². The van der Waals surface area contributed by atoms with E-state index in [-0.39, 0.29) is 0 Å². The summed E-state index contributed by atoms with van der Waals surface area (Å²) in [5, 5.41) is 0. The average Bonchev–Trinajstić information content (AvgIpc) is 2.46. The smallest absolute Gasteiger partial charge is 0.0401 e. The molecule has 1 saturated carbocycles. The molecule has 0 saturated heterocycles. The second kappa shape index (κ2) is 5.54. The molecule has 1 fully saturated rings. The Morgan fingerprint density at radius 2 is 2.11 bits per heavy atom. The summed E-state index contributed by atoms with van der Waals surface area (Å²) in [6, 6.07) is 9.62. The van der Waals surface area contributed by atoms with E-state index >= 15 is 0 Å². The fourth-order valence-corrected chi connectivity index (χ4v) is 3.98. The van der Waals surface area contributed by atoms with E-state index in [0.717, 1.165) is 12.5 Å². The van der Waals surface area contributed by atoms with Crippen LogP contribution in [0, 0.1) is 11.8 Å². The number of fused-ring (bicyclic) bond motifs is 1. The molecule has 2 aliphatic rings. The van der Waals surface area contributed by atoms with Crippen molar-refractivity contribution in [2.24, 2.45) is 17.6 Å². The highest BCUT2D eigenvalue weighted by molar-refractivity contribution is 5.56. The molecule has 104 valence electrons. The number of hydrogen-bond acceptors (Lipinski definition) is 2. The summed E-state index contributed by atoms with van der Waals surface area (Å²) in [6.45, 7) is 4.45. The van der Waals surface area contributed by atoms with E-state index in [1.54, 1.807) is 0 Å². The van der Waals surface area contributed by atoms with Crippen molar-refractivity contribution in [3.05, 3.63) is 29.8 Å². The van der Waals surface area contributed by atoms with Gasteiger partial charge in [-0.05, 0) is 55.7 Å². The van der Waals surface area contributed by atoms with Gasteiger partial charge in [0.05, 0.1) is 0 Å². The maximum atomic E-state index is 6.04. The topological polar surface area (TPSA) is 29.3 Å². The van der Waals surface area contributed by atoms with Gasteiger partial charge in [0.1, 0.15) is 0 Å². The van der Waals surface area contributed by atoms with Gasteiger partial charge in [-0.3, -0.25) is 0 Å². The summed E-state index contributed by atoms with van der Waals surface area (Å²) in [7, 11) is 0. The van der Waals surface area contributed by atoms with Gasteiger partial charge < -0.3 is 10.6 Å². The zero-order valence-electron chi connectivity index (χ0n) is 12.0. The van der Waals surface area contributed by atoms with Crippen molar-refractivity contribution in [1.29, 1.82) is 0 Å². The van der Waals surface area contributed by atoms with E-state index in [1.165, 1.54) is 49.9 Å². The Labute approximate surface area is 117 Å². The van der Waals surface area contributed by atoms with Gasteiger partial charge in [-0.1, -0.05) is 31.5 Å². The predicted molar refractivity (Wildman–Crippen MR) is 81.5 cm³/mol. The highest BCUT2D eigenvalue weighted by Crippen LogP contribution is 2.37. The Morgan fingerprint density at radius 1 is 1.26 bits per heavy atom. The third-order valence-electron chi connectivity index (χ3n) is 5.07. The molecular formula is C17H26N2. The zero-order valence-corrected chi connectivity index (χ0v) is 12.0. The van der Waals surface area contributed by atoms with Crippen molar-refractivity contribution >= 4 is 5.69 Å². The second-order valence-electron chi connectivity index (χ2n) is 6.41. The van der Waals surface area contributed by atoms with Crippen LogP contribution in [-0.4, -0.2) is 19.1 Å². The third kappa shape index (κ3) is 2.51. The van der Waals surface area contributed by atoms with Crippen LogP contribution in [0.5, 0.6) is 0 Å². The lowest BCUT2D eigenvalue weighted by Gasteiger charge is -2.45. The van der Waals surface area contributed by atoms with Gasteiger partial charge in [0.2, 0.25) is 0 Å². The molecule has 2 nitrogen and oxygen atoms in total. The van der Waals surface area contributed by atoms with Crippen LogP contribution in [0.1, 0.15) is 38.2 Å². The minimum Gasteiger partial charge on any atom is -0.368 e. The van der Waals surface area contributed by atoms with E-state index < -0.39 is 0 Å². The van der Waals surface area contributed by atoms with Crippen molar-refractivity contribution in [2.45, 2.75) is 45.1 Å². The molecule has 0 radical (unpaired) electrons. The number of aryl methyl sites for hydroxylation is 1. The van der Waals surface area contributed by atoms with Crippen LogP contribution in [0.15, 0.2) is 24.3 Å². The third-order valence-corrected chi connectivity index (χ3v) is 5.07. The van der Waals surface area contributed by atoms with E-state index in [0.29, 0.717) is 12.0 Å². The Balaban J connectivity index is 1.88. The summed E-state index contributed by atoms with van der Waals surface area (Å²) < 4.78 is 0.